The van der Waals surface area contributed by atoms with Crippen molar-refractivity contribution in [3.05, 3.63) is 90.0 Å². The van der Waals surface area contributed by atoms with Crippen LogP contribution in [0.1, 0.15) is 28.4 Å². The van der Waals surface area contributed by atoms with Crippen LogP contribution >= 0.6 is 0 Å². The number of methoxy groups -OCH3 is 1. The highest BCUT2D eigenvalue weighted by Crippen LogP contribution is 2.30. The van der Waals surface area contributed by atoms with Gasteiger partial charge >= 0.3 is 5.97 Å². The largest absolute Gasteiger partial charge is 0.465 e. The number of carbonyl (C=O) groups excluding carboxylic acids is 1. The van der Waals surface area contributed by atoms with E-state index in [0.29, 0.717) is 23.6 Å². The smallest absolute Gasteiger partial charge is 0.337 e. The number of esters is 1. The summed E-state index contributed by atoms with van der Waals surface area (Å²) >= 11 is 0. The Labute approximate surface area is 168 Å². The fourth-order valence-corrected chi connectivity index (χ4v) is 2.91. The Morgan fingerprint density at radius 2 is 1.62 bits per heavy atom. The molecule has 0 spiro atoms. The van der Waals surface area contributed by atoms with Gasteiger partial charge in [0.2, 0.25) is 5.90 Å². The molecule has 0 N–H and O–H groups in total. The van der Waals surface area contributed by atoms with Crippen LogP contribution in [0.5, 0.6) is 17.2 Å². The number of hydrogen-bond donors (Lipinski definition) is 0. The van der Waals surface area contributed by atoms with Crippen molar-refractivity contribution in [1.82, 2.24) is 0 Å². The lowest BCUT2D eigenvalue weighted by atomic mass is 10.1. The van der Waals surface area contributed by atoms with E-state index in [1.165, 1.54) is 7.11 Å². The van der Waals surface area contributed by atoms with Gasteiger partial charge in [-0.15, -0.1) is 0 Å². The number of nitrogens with zero attached hydrogens (tertiary/aromatic N) is 1. The van der Waals surface area contributed by atoms with Crippen LogP contribution in [0.3, 0.4) is 0 Å². The van der Waals surface area contributed by atoms with E-state index in [2.05, 4.69) is 5.16 Å². The van der Waals surface area contributed by atoms with Crippen LogP contribution in [0, 0.1) is 0 Å². The number of hydrogen-bond acceptors (Lipinski definition) is 6. The van der Waals surface area contributed by atoms with Crippen LogP contribution in [-0.4, -0.2) is 19.0 Å². The highest BCUT2D eigenvalue weighted by Gasteiger charge is 2.25. The Kier molecular flexibility index (Phi) is 5.42. The van der Waals surface area contributed by atoms with Gasteiger partial charge in [-0.1, -0.05) is 41.6 Å². The number of ether oxygens (including phenoxy) is 3. The van der Waals surface area contributed by atoms with E-state index in [9.17, 15) is 4.79 Å². The molecular weight excluding hydrogens is 370 g/mol. The maximum atomic E-state index is 11.6. The van der Waals surface area contributed by atoms with Gasteiger partial charge in [-0.25, -0.2) is 4.79 Å². The van der Waals surface area contributed by atoms with Crippen molar-refractivity contribution in [3.8, 4) is 17.2 Å². The Bertz CT molecular complexity index is 1010. The van der Waals surface area contributed by atoms with Gasteiger partial charge < -0.3 is 19.0 Å². The summed E-state index contributed by atoms with van der Waals surface area (Å²) in [5.41, 5.74) is 1.38. The van der Waals surface area contributed by atoms with E-state index >= 15 is 0 Å². The second-order valence-corrected chi connectivity index (χ2v) is 6.39. The van der Waals surface area contributed by atoms with Crippen LogP contribution in [0.25, 0.3) is 0 Å². The zero-order valence-electron chi connectivity index (χ0n) is 15.8. The average molecular weight is 389 g/mol. The van der Waals surface area contributed by atoms with E-state index in [4.69, 9.17) is 19.0 Å². The van der Waals surface area contributed by atoms with Gasteiger partial charge in [0.1, 0.15) is 17.2 Å². The third-order valence-corrected chi connectivity index (χ3v) is 4.36. The molecule has 0 unspecified atom stereocenters. The first kappa shape index (κ1) is 18.6. The van der Waals surface area contributed by atoms with Crippen molar-refractivity contribution in [2.24, 2.45) is 5.16 Å². The first-order valence-electron chi connectivity index (χ1n) is 9.13. The molecule has 4 rings (SSSR count). The summed E-state index contributed by atoms with van der Waals surface area (Å²) in [6, 6.07) is 24.0. The molecule has 6 heteroatoms. The topological polar surface area (TPSA) is 66.4 Å². The van der Waals surface area contributed by atoms with Crippen molar-refractivity contribution >= 4 is 11.9 Å². The molecule has 1 aliphatic rings. The quantitative estimate of drug-likeness (QED) is 0.567. The van der Waals surface area contributed by atoms with Gasteiger partial charge in [0.05, 0.1) is 19.1 Å². The summed E-state index contributed by atoms with van der Waals surface area (Å²) in [5.74, 6) is 2.06. The van der Waals surface area contributed by atoms with Crippen LogP contribution in [0.15, 0.2) is 84.0 Å². The molecule has 3 aromatic carbocycles. The first-order chi connectivity index (χ1) is 14.2. The van der Waals surface area contributed by atoms with Crippen LogP contribution in [-0.2, 0) is 9.57 Å². The lowest BCUT2D eigenvalue weighted by Crippen LogP contribution is -2.08. The lowest BCUT2D eigenvalue weighted by Gasteiger charge is -2.10. The molecule has 146 valence electrons. The Hall–Kier alpha value is -3.80. The minimum Gasteiger partial charge on any atom is -0.465 e. The second kappa shape index (κ2) is 8.48. The molecule has 1 aliphatic heterocycles. The molecular formula is C23H19NO5. The minimum atomic E-state index is -0.421. The zero-order valence-corrected chi connectivity index (χ0v) is 15.8. The van der Waals surface area contributed by atoms with Gasteiger partial charge in [0.15, 0.2) is 6.10 Å². The molecule has 0 aromatic heterocycles. The third-order valence-electron chi connectivity index (χ3n) is 4.36. The Balaban J connectivity index is 1.36. The van der Waals surface area contributed by atoms with Crippen molar-refractivity contribution in [2.45, 2.75) is 12.5 Å². The standard InChI is InChI=1S/C23H19NO5/c1-26-23(25)17-6-5-9-20(14-17)28-22-15-21(29-24-22)16-10-12-19(13-11-16)27-18-7-3-2-4-8-18/h2-14,21H,15H2,1H3/t21-/m1/s1. The number of oxime groups is 1. The fraction of sp³-hybridized carbons (Fsp3) is 0.130. The molecule has 29 heavy (non-hydrogen) atoms. The van der Waals surface area contributed by atoms with E-state index in [0.717, 1.165) is 17.1 Å². The summed E-state index contributed by atoms with van der Waals surface area (Å²) in [6.07, 6.45) is 0.251. The van der Waals surface area contributed by atoms with E-state index < -0.39 is 5.97 Å². The van der Waals surface area contributed by atoms with Crippen LogP contribution in [0.2, 0.25) is 0 Å². The fourth-order valence-electron chi connectivity index (χ4n) is 2.91. The number of carbonyl (C=O) groups is 1. The maximum Gasteiger partial charge on any atom is 0.337 e. The molecule has 0 saturated carbocycles. The van der Waals surface area contributed by atoms with Gasteiger partial charge in [-0.3, -0.25) is 0 Å². The molecule has 0 bridgehead atoms. The van der Waals surface area contributed by atoms with Crippen molar-refractivity contribution in [3.63, 3.8) is 0 Å². The van der Waals surface area contributed by atoms with Crippen LogP contribution < -0.4 is 9.47 Å². The summed E-state index contributed by atoms with van der Waals surface area (Å²) in [7, 11) is 1.34. The molecule has 1 heterocycles. The Morgan fingerprint density at radius 1 is 0.897 bits per heavy atom. The highest BCUT2D eigenvalue weighted by molar-refractivity contribution is 5.90. The average Bonchev–Trinajstić information content (AvgIpc) is 3.23. The number of rotatable bonds is 5. The molecule has 0 aliphatic carbocycles. The van der Waals surface area contributed by atoms with Crippen molar-refractivity contribution in [1.29, 1.82) is 0 Å². The number of benzene rings is 3. The summed E-state index contributed by atoms with van der Waals surface area (Å²) in [6.45, 7) is 0. The number of para-hydroxylation sites is 1. The minimum absolute atomic E-state index is 0.237. The van der Waals surface area contributed by atoms with Gasteiger partial charge in [0, 0.05) is 0 Å². The third kappa shape index (κ3) is 4.55. The summed E-state index contributed by atoms with van der Waals surface area (Å²) in [5, 5.41) is 4.02. The zero-order chi connectivity index (χ0) is 20.1. The molecule has 1 atom stereocenters. The van der Waals surface area contributed by atoms with E-state index in [1.54, 1.807) is 24.3 Å². The first-order valence-corrected chi connectivity index (χ1v) is 9.13. The van der Waals surface area contributed by atoms with E-state index in [-0.39, 0.29) is 6.10 Å². The summed E-state index contributed by atoms with van der Waals surface area (Å²) in [4.78, 5) is 17.2. The Morgan fingerprint density at radius 3 is 2.38 bits per heavy atom. The van der Waals surface area contributed by atoms with Crippen molar-refractivity contribution < 1.29 is 23.8 Å². The van der Waals surface area contributed by atoms with Crippen molar-refractivity contribution in [2.75, 3.05) is 7.11 Å². The summed E-state index contributed by atoms with van der Waals surface area (Å²) < 4.78 is 16.3. The monoisotopic (exact) mass is 389 g/mol. The van der Waals surface area contributed by atoms with Gasteiger partial charge in [-0.05, 0) is 48.0 Å². The predicted molar refractivity (Wildman–Crippen MR) is 107 cm³/mol. The molecule has 0 fully saturated rings. The predicted octanol–water partition coefficient (Wildman–Crippen LogP) is 5.12. The normalized spacial score (nSPS) is 15.2. The molecule has 0 saturated heterocycles. The second-order valence-electron chi connectivity index (χ2n) is 6.39. The molecule has 0 radical (unpaired) electrons. The lowest BCUT2D eigenvalue weighted by molar-refractivity contribution is 0.0600. The van der Waals surface area contributed by atoms with E-state index in [1.807, 2.05) is 54.6 Å². The van der Waals surface area contributed by atoms with Gasteiger partial charge in [0.25, 0.3) is 0 Å². The maximum absolute atomic E-state index is 11.6. The molecule has 0 amide bonds. The molecule has 6 nitrogen and oxygen atoms in total. The highest BCUT2D eigenvalue weighted by atomic mass is 16.7. The molecule has 3 aromatic rings. The SMILES string of the molecule is COC(=O)c1cccc(OC2=NO[C@@H](c3ccc(Oc4ccccc4)cc3)C2)c1. The van der Waals surface area contributed by atoms with Gasteiger partial charge in [-0.2, -0.15) is 0 Å². The van der Waals surface area contributed by atoms with Crippen LogP contribution in [0.4, 0.5) is 0 Å².